The van der Waals surface area contributed by atoms with Crippen molar-refractivity contribution in [2.24, 2.45) is 5.92 Å². The third kappa shape index (κ3) is 3.47. The Morgan fingerprint density at radius 3 is 2.63 bits per heavy atom. The molecule has 0 amide bonds. The van der Waals surface area contributed by atoms with Crippen molar-refractivity contribution in [3.63, 3.8) is 0 Å². The number of imidazole rings is 1. The van der Waals surface area contributed by atoms with Gasteiger partial charge in [-0.15, -0.1) is 0 Å². The summed E-state index contributed by atoms with van der Waals surface area (Å²) in [5.41, 5.74) is 3.67. The lowest BCUT2D eigenvalue weighted by atomic mass is 10.0. The summed E-state index contributed by atoms with van der Waals surface area (Å²) in [5.74, 6) is 2.53. The van der Waals surface area contributed by atoms with Gasteiger partial charge in [-0.2, -0.15) is 0 Å². The number of hydrogen-bond donors (Lipinski definition) is 1. The Labute approximate surface area is 176 Å². The molecule has 0 radical (unpaired) electrons. The average molecular weight is 409 g/mol. The highest BCUT2D eigenvalue weighted by molar-refractivity contribution is 5.85. The Hall–Kier alpha value is -2.80. The van der Waals surface area contributed by atoms with Gasteiger partial charge in [0, 0.05) is 24.1 Å². The van der Waals surface area contributed by atoms with Crippen molar-refractivity contribution in [1.29, 1.82) is 0 Å². The summed E-state index contributed by atoms with van der Waals surface area (Å²) in [6, 6.07) is 8.37. The van der Waals surface area contributed by atoms with Gasteiger partial charge in [0.2, 0.25) is 5.88 Å². The van der Waals surface area contributed by atoms with Gasteiger partial charge in [0.25, 0.3) is 0 Å². The molecule has 5 rings (SSSR count). The predicted octanol–water partition coefficient (Wildman–Crippen LogP) is 3.83. The van der Waals surface area contributed by atoms with E-state index in [0.717, 1.165) is 41.8 Å². The van der Waals surface area contributed by atoms with Gasteiger partial charge in [0.1, 0.15) is 11.6 Å². The first kappa shape index (κ1) is 19.2. The molecular weight excluding hydrogens is 380 g/mol. The summed E-state index contributed by atoms with van der Waals surface area (Å²) in [6.45, 7) is 4.18. The number of nitrogens with zero attached hydrogens (tertiary/aromatic N) is 3. The Balaban J connectivity index is 1.58. The van der Waals surface area contributed by atoms with Crippen molar-refractivity contribution in [1.82, 2.24) is 19.9 Å². The van der Waals surface area contributed by atoms with Crippen LogP contribution in [0.5, 0.6) is 17.4 Å². The molecule has 0 bridgehead atoms. The third-order valence-corrected chi connectivity index (χ3v) is 6.20. The third-order valence-electron chi connectivity index (χ3n) is 6.20. The average Bonchev–Trinajstić information content (AvgIpc) is 3.28. The number of methoxy groups -OCH3 is 2. The zero-order valence-corrected chi connectivity index (χ0v) is 17.7. The van der Waals surface area contributed by atoms with Gasteiger partial charge in [0.05, 0.1) is 31.8 Å². The van der Waals surface area contributed by atoms with Crippen molar-refractivity contribution < 1.29 is 14.2 Å². The Kier molecular flexibility index (Phi) is 4.98. The van der Waals surface area contributed by atoms with E-state index in [1.165, 1.54) is 12.8 Å². The van der Waals surface area contributed by atoms with E-state index >= 15 is 0 Å². The van der Waals surface area contributed by atoms with Crippen molar-refractivity contribution in [2.45, 2.75) is 38.3 Å². The molecule has 7 heteroatoms. The molecule has 3 heterocycles. The number of fused-ring (bicyclic) bond motifs is 1. The molecule has 2 atom stereocenters. The van der Waals surface area contributed by atoms with Gasteiger partial charge in [-0.1, -0.05) is 0 Å². The van der Waals surface area contributed by atoms with E-state index in [2.05, 4.69) is 21.8 Å². The molecule has 2 aromatic heterocycles. The molecule has 7 nitrogen and oxygen atoms in total. The topological polar surface area (TPSA) is 70.4 Å². The molecule has 2 aliphatic rings. The molecule has 1 aliphatic carbocycles. The fourth-order valence-corrected chi connectivity index (χ4v) is 4.23. The normalized spacial score (nSPS) is 19.8. The van der Waals surface area contributed by atoms with Gasteiger partial charge in [0.15, 0.2) is 11.5 Å². The molecule has 0 spiro atoms. The quantitative estimate of drug-likeness (QED) is 0.641. The maximum atomic E-state index is 6.48. The van der Waals surface area contributed by atoms with E-state index in [-0.39, 0.29) is 6.10 Å². The number of benzene rings is 1. The maximum absolute atomic E-state index is 6.48. The Bertz CT molecular complexity index is 1050. The lowest BCUT2D eigenvalue weighted by Crippen LogP contribution is -2.26. The van der Waals surface area contributed by atoms with Crippen molar-refractivity contribution in [3.8, 4) is 28.6 Å². The highest BCUT2D eigenvalue weighted by Crippen LogP contribution is 2.41. The molecule has 1 aromatic carbocycles. The van der Waals surface area contributed by atoms with Gasteiger partial charge >= 0.3 is 0 Å². The Morgan fingerprint density at radius 2 is 1.93 bits per heavy atom. The number of nitrogens with one attached hydrogen (secondary N) is 1. The second-order valence-electron chi connectivity index (χ2n) is 8.21. The molecule has 1 saturated heterocycles. The lowest BCUT2D eigenvalue weighted by Gasteiger charge is -2.21. The van der Waals surface area contributed by atoms with E-state index < -0.39 is 0 Å². The summed E-state index contributed by atoms with van der Waals surface area (Å²) in [6.07, 6.45) is 5.51. The van der Waals surface area contributed by atoms with Crippen LogP contribution in [0.25, 0.3) is 22.3 Å². The molecule has 1 saturated carbocycles. The zero-order chi connectivity index (χ0) is 20.7. The molecular formula is C23H28N4O3. The van der Waals surface area contributed by atoms with Gasteiger partial charge in [-0.3, -0.25) is 0 Å². The summed E-state index contributed by atoms with van der Waals surface area (Å²) in [5, 5.41) is 3.43. The first-order chi connectivity index (χ1) is 14.7. The number of aromatic nitrogens is 3. The number of rotatable bonds is 7. The Morgan fingerprint density at radius 1 is 1.10 bits per heavy atom. The summed E-state index contributed by atoms with van der Waals surface area (Å²) in [4.78, 5) is 9.64. The minimum atomic E-state index is 0.0823. The lowest BCUT2D eigenvalue weighted by molar-refractivity contribution is 0.156. The largest absolute Gasteiger partial charge is 0.493 e. The van der Waals surface area contributed by atoms with Crippen molar-refractivity contribution >= 4 is 11.0 Å². The second kappa shape index (κ2) is 7.80. The van der Waals surface area contributed by atoms with Crippen LogP contribution in [-0.2, 0) is 0 Å². The number of pyridine rings is 1. The van der Waals surface area contributed by atoms with Crippen LogP contribution in [-0.4, -0.2) is 47.9 Å². The van der Waals surface area contributed by atoms with E-state index in [9.17, 15) is 0 Å². The molecule has 3 aromatic rings. The molecule has 0 unspecified atom stereocenters. The minimum absolute atomic E-state index is 0.0823. The molecule has 2 fully saturated rings. The van der Waals surface area contributed by atoms with Crippen LogP contribution in [0.3, 0.4) is 0 Å². The summed E-state index contributed by atoms with van der Waals surface area (Å²) < 4.78 is 19.6. The van der Waals surface area contributed by atoms with Crippen LogP contribution >= 0.6 is 0 Å². The highest BCUT2D eigenvalue weighted by atomic mass is 16.5. The zero-order valence-electron chi connectivity index (χ0n) is 17.7. The van der Waals surface area contributed by atoms with Crippen molar-refractivity contribution in [2.75, 3.05) is 27.3 Å². The van der Waals surface area contributed by atoms with Crippen LogP contribution in [0.1, 0.15) is 32.2 Å². The van der Waals surface area contributed by atoms with Crippen LogP contribution in [0, 0.1) is 5.92 Å². The molecule has 1 aliphatic heterocycles. The van der Waals surface area contributed by atoms with E-state index in [1.807, 2.05) is 30.6 Å². The number of hydrogen-bond acceptors (Lipinski definition) is 6. The fourth-order valence-electron chi connectivity index (χ4n) is 4.23. The van der Waals surface area contributed by atoms with Crippen molar-refractivity contribution in [3.05, 3.63) is 30.6 Å². The first-order valence-electron chi connectivity index (χ1n) is 10.6. The smallest absolute Gasteiger partial charge is 0.241 e. The highest BCUT2D eigenvalue weighted by Gasteiger charge is 2.29. The van der Waals surface area contributed by atoms with Gasteiger partial charge < -0.3 is 24.1 Å². The molecule has 158 valence electrons. The predicted molar refractivity (Wildman–Crippen MR) is 115 cm³/mol. The first-order valence-corrected chi connectivity index (χ1v) is 10.6. The van der Waals surface area contributed by atoms with Gasteiger partial charge in [-0.05, 0) is 57.0 Å². The van der Waals surface area contributed by atoms with Crippen LogP contribution in [0.4, 0.5) is 0 Å². The number of ether oxygens (including phenoxy) is 3. The molecule has 30 heavy (non-hydrogen) atoms. The molecule has 1 N–H and O–H groups in total. The van der Waals surface area contributed by atoms with E-state index in [1.54, 1.807) is 14.2 Å². The minimum Gasteiger partial charge on any atom is -0.493 e. The SMILES string of the molecule is COc1ccc(-c2cc3ncn(C4CC4)c3c(O[C@H](C)[C@@H]3CCNC3)n2)cc1OC. The monoisotopic (exact) mass is 408 g/mol. The van der Waals surface area contributed by atoms with Crippen LogP contribution < -0.4 is 19.5 Å². The summed E-state index contributed by atoms with van der Waals surface area (Å²) >= 11 is 0. The van der Waals surface area contributed by atoms with Crippen LogP contribution in [0.2, 0.25) is 0 Å². The fraction of sp³-hybridized carbons (Fsp3) is 0.478. The second-order valence-corrected chi connectivity index (χ2v) is 8.21. The van der Waals surface area contributed by atoms with E-state index in [0.29, 0.717) is 29.3 Å². The van der Waals surface area contributed by atoms with E-state index in [4.69, 9.17) is 19.2 Å². The maximum Gasteiger partial charge on any atom is 0.241 e. The van der Waals surface area contributed by atoms with Gasteiger partial charge in [-0.25, -0.2) is 9.97 Å². The van der Waals surface area contributed by atoms with Crippen LogP contribution in [0.15, 0.2) is 30.6 Å². The standard InChI is InChI=1S/C23H28N4O3/c1-14(16-8-9-24-12-16)30-23-22-19(25-13-27(22)17-5-6-17)11-18(26-23)15-4-7-20(28-2)21(10-15)29-3/h4,7,10-11,13-14,16-17,24H,5-6,8-9,12H2,1-3H3/t14-,16-/m1/s1. The summed E-state index contributed by atoms with van der Waals surface area (Å²) in [7, 11) is 3.28.